The molecule has 19 heavy (non-hydrogen) atoms. The molecule has 104 valence electrons. The van der Waals surface area contributed by atoms with Crippen LogP contribution < -0.4 is 5.73 Å². The Kier molecular flexibility index (Phi) is 4.20. The highest BCUT2D eigenvalue weighted by molar-refractivity contribution is 5.95. The van der Waals surface area contributed by atoms with Gasteiger partial charge in [0.2, 0.25) is 0 Å². The average Bonchev–Trinajstić information content (AvgIpc) is 3.14. The maximum atomic E-state index is 14.3. The minimum absolute atomic E-state index is 0.202. The standard InChI is InChI=1S/C15H22FN3/c1-10(2)19(8-11-6-7-11)9-12-4-3-5-13(14(12)16)15(17)18/h3-5,10-11H,6-9H2,1-2H3,(H3,17,18). The van der Waals surface area contributed by atoms with Gasteiger partial charge in [-0.3, -0.25) is 10.3 Å². The molecule has 0 radical (unpaired) electrons. The number of amidine groups is 1. The van der Waals surface area contributed by atoms with Crippen molar-refractivity contribution in [2.75, 3.05) is 6.54 Å². The van der Waals surface area contributed by atoms with Crippen LogP contribution in [0.1, 0.15) is 37.8 Å². The van der Waals surface area contributed by atoms with E-state index in [1.54, 1.807) is 18.2 Å². The summed E-state index contributed by atoms with van der Waals surface area (Å²) in [6.07, 6.45) is 2.58. The molecule has 3 N–H and O–H groups in total. The van der Waals surface area contributed by atoms with E-state index in [0.29, 0.717) is 18.2 Å². The lowest BCUT2D eigenvalue weighted by Gasteiger charge is -2.27. The van der Waals surface area contributed by atoms with Crippen LogP contribution in [-0.2, 0) is 6.54 Å². The first-order chi connectivity index (χ1) is 8.99. The van der Waals surface area contributed by atoms with E-state index < -0.39 is 0 Å². The number of hydrogen-bond donors (Lipinski definition) is 2. The predicted molar refractivity (Wildman–Crippen MR) is 75.7 cm³/mol. The zero-order valence-electron chi connectivity index (χ0n) is 11.6. The average molecular weight is 263 g/mol. The van der Waals surface area contributed by atoms with E-state index in [0.717, 1.165) is 12.5 Å². The number of hydrogen-bond acceptors (Lipinski definition) is 2. The molecule has 0 heterocycles. The molecule has 0 unspecified atom stereocenters. The van der Waals surface area contributed by atoms with Gasteiger partial charge in [0, 0.05) is 24.7 Å². The van der Waals surface area contributed by atoms with Gasteiger partial charge in [-0.25, -0.2) is 4.39 Å². The van der Waals surface area contributed by atoms with Crippen LogP contribution in [0.25, 0.3) is 0 Å². The predicted octanol–water partition coefficient (Wildman–Crippen LogP) is 2.73. The van der Waals surface area contributed by atoms with Crippen LogP contribution in [0.4, 0.5) is 4.39 Å². The molecule has 0 atom stereocenters. The molecule has 0 bridgehead atoms. The lowest BCUT2D eigenvalue weighted by Crippen LogP contribution is -2.32. The fourth-order valence-electron chi connectivity index (χ4n) is 2.22. The molecular weight excluding hydrogens is 241 g/mol. The monoisotopic (exact) mass is 263 g/mol. The number of nitrogens with zero attached hydrogens (tertiary/aromatic N) is 1. The molecular formula is C15H22FN3. The Morgan fingerprint density at radius 2 is 2.16 bits per heavy atom. The van der Waals surface area contributed by atoms with Gasteiger partial charge in [0.15, 0.2) is 0 Å². The lowest BCUT2D eigenvalue weighted by atomic mass is 10.1. The smallest absolute Gasteiger partial charge is 0.138 e. The molecule has 2 rings (SSSR count). The topological polar surface area (TPSA) is 53.1 Å². The van der Waals surface area contributed by atoms with Gasteiger partial charge in [0.1, 0.15) is 11.7 Å². The van der Waals surface area contributed by atoms with Gasteiger partial charge < -0.3 is 5.73 Å². The van der Waals surface area contributed by atoms with Gasteiger partial charge in [-0.05, 0) is 38.7 Å². The molecule has 4 heteroatoms. The molecule has 1 aliphatic rings. The van der Waals surface area contributed by atoms with Crippen molar-refractivity contribution in [1.29, 1.82) is 5.41 Å². The van der Waals surface area contributed by atoms with Crippen molar-refractivity contribution in [3.63, 3.8) is 0 Å². The summed E-state index contributed by atoms with van der Waals surface area (Å²) < 4.78 is 14.3. The molecule has 0 saturated heterocycles. The molecule has 1 saturated carbocycles. The Hall–Kier alpha value is -1.42. The Morgan fingerprint density at radius 3 is 2.68 bits per heavy atom. The van der Waals surface area contributed by atoms with Crippen molar-refractivity contribution >= 4 is 5.84 Å². The number of nitrogens with one attached hydrogen (secondary N) is 1. The van der Waals surface area contributed by atoms with Crippen molar-refractivity contribution < 1.29 is 4.39 Å². The first kappa shape index (κ1) is 14.0. The molecule has 0 spiro atoms. The van der Waals surface area contributed by atoms with Crippen molar-refractivity contribution in [2.45, 2.75) is 39.3 Å². The third-order valence-corrected chi connectivity index (χ3v) is 3.66. The van der Waals surface area contributed by atoms with Crippen LogP contribution >= 0.6 is 0 Å². The molecule has 0 amide bonds. The largest absolute Gasteiger partial charge is 0.384 e. The van der Waals surface area contributed by atoms with E-state index in [1.807, 2.05) is 0 Å². The van der Waals surface area contributed by atoms with Gasteiger partial charge in [-0.1, -0.05) is 12.1 Å². The van der Waals surface area contributed by atoms with E-state index in [4.69, 9.17) is 11.1 Å². The van der Waals surface area contributed by atoms with E-state index in [2.05, 4.69) is 18.7 Å². The summed E-state index contributed by atoms with van der Waals surface area (Å²) in [7, 11) is 0. The fraction of sp³-hybridized carbons (Fsp3) is 0.533. The van der Waals surface area contributed by atoms with Gasteiger partial charge in [-0.15, -0.1) is 0 Å². The maximum Gasteiger partial charge on any atom is 0.138 e. The summed E-state index contributed by atoms with van der Waals surface area (Å²) >= 11 is 0. The van der Waals surface area contributed by atoms with Crippen LogP contribution in [0.15, 0.2) is 18.2 Å². The third-order valence-electron chi connectivity index (χ3n) is 3.66. The van der Waals surface area contributed by atoms with Gasteiger partial charge in [0.05, 0.1) is 5.56 Å². The Morgan fingerprint density at radius 1 is 1.47 bits per heavy atom. The van der Waals surface area contributed by atoms with E-state index in [9.17, 15) is 4.39 Å². The highest BCUT2D eigenvalue weighted by Crippen LogP contribution is 2.31. The van der Waals surface area contributed by atoms with Gasteiger partial charge in [0.25, 0.3) is 0 Å². The zero-order valence-corrected chi connectivity index (χ0v) is 11.6. The highest BCUT2D eigenvalue weighted by Gasteiger charge is 2.26. The van der Waals surface area contributed by atoms with Crippen molar-refractivity contribution in [3.8, 4) is 0 Å². The van der Waals surface area contributed by atoms with Crippen molar-refractivity contribution in [3.05, 3.63) is 35.1 Å². The van der Waals surface area contributed by atoms with Crippen LogP contribution in [0.3, 0.4) is 0 Å². The first-order valence-electron chi connectivity index (χ1n) is 6.85. The summed E-state index contributed by atoms with van der Waals surface area (Å²) in [5.74, 6) is 0.218. The molecule has 3 nitrogen and oxygen atoms in total. The molecule has 1 aromatic carbocycles. The lowest BCUT2D eigenvalue weighted by molar-refractivity contribution is 0.201. The summed E-state index contributed by atoms with van der Waals surface area (Å²) in [4.78, 5) is 2.29. The molecule has 1 fully saturated rings. The summed E-state index contributed by atoms with van der Waals surface area (Å²) in [5.41, 5.74) is 6.22. The van der Waals surface area contributed by atoms with Crippen LogP contribution in [-0.4, -0.2) is 23.3 Å². The second kappa shape index (κ2) is 5.70. The Balaban J connectivity index is 2.15. The third kappa shape index (κ3) is 3.53. The normalized spacial score (nSPS) is 15.2. The Bertz CT molecular complexity index is 466. The first-order valence-corrected chi connectivity index (χ1v) is 6.85. The second-order valence-electron chi connectivity index (χ2n) is 5.66. The minimum Gasteiger partial charge on any atom is -0.384 e. The Labute approximate surface area is 114 Å². The van der Waals surface area contributed by atoms with Gasteiger partial charge >= 0.3 is 0 Å². The number of halogens is 1. The van der Waals surface area contributed by atoms with Crippen LogP contribution in [0, 0.1) is 17.1 Å². The number of rotatable bonds is 6. The van der Waals surface area contributed by atoms with Crippen LogP contribution in [0.5, 0.6) is 0 Å². The quantitative estimate of drug-likeness (QED) is 0.612. The number of nitrogen functional groups attached to an aromatic ring is 1. The molecule has 0 aliphatic heterocycles. The molecule has 0 aromatic heterocycles. The number of benzene rings is 1. The molecule has 1 aromatic rings. The van der Waals surface area contributed by atoms with E-state index in [-0.39, 0.29) is 17.2 Å². The van der Waals surface area contributed by atoms with E-state index in [1.165, 1.54) is 12.8 Å². The minimum atomic E-state index is -0.351. The zero-order chi connectivity index (χ0) is 14.0. The summed E-state index contributed by atoms with van der Waals surface area (Å²) in [6, 6.07) is 5.50. The molecule has 1 aliphatic carbocycles. The summed E-state index contributed by atoms with van der Waals surface area (Å²) in [6.45, 7) is 5.88. The van der Waals surface area contributed by atoms with E-state index >= 15 is 0 Å². The maximum absolute atomic E-state index is 14.3. The fourth-order valence-corrected chi connectivity index (χ4v) is 2.22. The highest BCUT2D eigenvalue weighted by atomic mass is 19.1. The van der Waals surface area contributed by atoms with Crippen molar-refractivity contribution in [1.82, 2.24) is 4.90 Å². The SMILES string of the molecule is CC(C)N(Cc1cccc(C(=N)N)c1F)CC1CC1. The number of nitrogens with two attached hydrogens (primary N) is 1. The summed E-state index contributed by atoms with van der Waals surface area (Å²) in [5, 5.41) is 7.39. The van der Waals surface area contributed by atoms with Crippen molar-refractivity contribution in [2.24, 2.45) is 11.7 Å². The second-order valence-corrected chi connectivity index (χ2v) is 5.66. The van der Waals surface area contributed by atoms with Gasteiger partial charge in [-0.2, -0.15) is 0 Å². The van der Waals surface area contributed by atoms with Crippen LogP contribution in [0.2, 0.25) is 0 Å².